The van der Waals surface area contributed by atoms with Gasteiger partial charge in [-0.1, -0.05) is 25.1 Å². The second-order valence-electron chi connectivity index (χ2n) is 6.59. The molecule has 1 fully saturated rings. The molecule has 0 radical (unpaired) electrons. The van der Waals surface area contributed by atoms with Crippen LogP contribution in [0.5, 0.6) is 0 Å². The van der Waals surface area contributed by atoms with Crippen molar-refractivity contribution in [1.82, 2.24) is 25.3 Å². The molecule has 1 saturated heterocycles. The molecule has 3 heterocycles. The Labute approximate surface area is 146 Å². The molecule has 2 aromatic rings. The van der Waals surface area contributed by atoms with Crippen molar-refractivity contribution in [2.45, 2.75) is 44.9 Å². The average Bonchev–Trinajstić information content (AvgIpc) is 3.07. The summed E-state index contributed by atoms with van der Waals surface area (Å²) in [7, 11) is 0. The third-order valence-corrected chi connectivity index (χ3v) is 4.24. The fraction of sp³-hybridized carbons (Fsp3) is 0.529. The van der Waals surface area contributed by atoms with E-state index in [1.807, 2.05) is 18.7 Å². The van der Waals surface area contributed by atoms with Gasteiger partial charge in [-0.15, -0.1) is 0 Å². The summed E-state index contributed by atoms with van der Waals surface area (Å²) < 4.78 is 5.25. The van der Waals surface area contributed by atoms with Crippen LogP contribution in [0.2, 0.25) is 0 Å². The van der Waals surface area contributed by atoms with Gasteiger partial charge < -0.3 is 14.9 Å². The third-order valence-electron chi connectivity index (χ3n) is 4.24. The van der Waals surface area contributed by atoms with Crippen LogP contribution < -0.4 is 5.32 Å². The van der Waals surface area contributed by atoms with Gasteiger partial charge in [0.25, 0.3) is 5.91 Å². The smallest absolute Gasteiger partial charge is 0.270 e. The van der Waals surface area contributed by atoms with E-state index in [1.54, 1.807) is 24.4 Å². The first kappa shape index (κ1) is 17.5. The molecule has 8 nitrogen and oxygen atoms in total. The number of nitrogens with zero attached hydrogens (tertiary/aromatic N) is 4. The van der Waals surface area contributed by atoms with Crippen molar-refractivity contribution >= 4 is 5.91 Å². The predicted molar refractivity (Wildman–Crippen MR) is 89.8 cm³/mol. The zero-order valence-corrected chi connectivity index (χ0v) is 14.4. The number of aliphatic hydroxyl groups excluding tert-OH is 1. The van der Waals surface area contributed by atoms with Crippen LogP contribution >= 0.6 is 0 Å². The number of β-amino-alcohol motifs (C(OH)–C–C–N with tert-alkyl or cyclic N) is 1. The van der Waals surface area contributed by atoms with Gasteiger partial charge in [-0.2, -0.15) is 4.98 Å². The van der Waals surface area contributed by atoms with Crippen LogP contribution in [0.4, 0.5) is 0 Å². The molecule has 2 atom stereocenters. The normalized spacial score (nSPS) is 21.4. The van der Waals surface area contributed by atoms with Crippen LogP contribution in [-0.2, 0) is 6.54 Å². The van der Waals surface area contributed by atoms with Gasteiger partial charge in [0.2, 0.25) is 5.89 Å². The van der Waals surface area contributed by atoms with Gasteiger partial charge in [0.05, 0.1) is 18.7 Å². The van der Waals surface area contributed by atoms with E-state index >= 15 is 0 Å². The highest BCUT2D eigenvalue weighted by Crippen LogP contribution is 2.16. The molecule has 0 aromatic carbocycles. The van der Waals surface area contributed by atoms with Gasteiger partial charge in [0.1, 0.15) is 5.69 Å². The molecule has 134 valence electrons. The molecule has 0 bridgehead atoms. The molecule has 0 unspecified atom stereocenters. The van der Waals surface area contributed by atoms with E-state index in [1.165, 1.54) is 0 Å². The standard InChI is InChI=1S/C17H23N5O3/c1-11(2)16-20-15(25-21-16)10-22-8-6-12(14(23)9-22)19-17(24)13-5-3-4-7-18-13/h3-5,7,11-12,14,23H,6,8-10H2,1-2H3,(H,19,24)/t12-,14-/m1/s1. The summed E-state index contributed by atoms with van der Waals surface area (Å²) in [6.45, 7) is 5.68. The molecule has 1 amide bonds. The molecule has 2 aromatic heterocycles. The highest BCUT2D eigenvalue weighted by Gasteiger charge is 2.30. The lowest BCUT2D eigenvalue weighted by molar-refractivity contribution is 0.0312. The maximum Gasteiger partial charge on any atom is 0.270 e. The number of carbonyl (C=O) groups excluding carboxylic acids is 1. The summed E-state index contributed by atoms with van der Waals surface area (Å²) in [5.41, 5.74) is 0.351. The number of amides is 1. The summed E-state index contributed by atoms with van der Waals surface area (Å²) in [5.74, 6) is 1.19. The SMILES string of the molecule is CC(C)c1noc(CN2CC[C@@H](NC(=O)c3ccccn3)[C@H](O)C2)n1. The number of aliphatic hydroxyl groups is 1. The average molecular weight is 345 g/mol. The molecular weight excluding hydrogens is 322 g/mol. The van der Waals surface area contributed by atoms with E-state index < -0.39 is 6.10 Å². The van der Waals surface area contributed by atoms with Crippen LogP contribution in [-0.4, -0.2) is 56.3 Å². The van der Waals surface area contributed by atoms with Gasteiger partial charge in [-0.3, -0.25) is 14.7 Å². The Morgan fingerprint density at radius 1 is 1.48 bits per heavy atom. The minimum Gasteiger partial charge on any atom is -0.390 e. The van der Waals surface area contributed by atoms with Gasteiger partial charge in [-0.05, 0) is 18.6 Å². The van der Waals surface area contributed by atoms with E-state index in [-0.39, 0.29) is 17.9 Å². The van der Waals surface area contributed by atoms with Crippen molar-refractivity contribution in [3.05, 3.63) is 41.8 Å². The van der Waals surface area contributed by atoms with E-state index in [4.69, 9.17) is 4.52 Å². The number of rotatable bonds is 5. The van der Waals surface area contributed by atoms with Crippen molar-refractivity contribution < 1.29 is 14.4 Å². The lowest BCUT2D eigenvalue weighted by Gasteiger charge is -2.35. The van der Waals surface area contributed by atoms with Crippen molar-refractivity contribution in [3.63, 3.8) is 0 Å². The quantitative estimate of drug-likeness (QED) is 0.831. The first-order valence-electron chi connectivity index (χ1n) is 8.47. The molecule has 25 heavy (non-hydrogen) atoms. The summed E-state index contributed by atoms with van der Waals surface area (Å²) in [6.07, 6.45) is 1.56. The lowest BCUT2D eigenvalue weighted by Crippen LogP contribution is -2.53. The van der Waals surface area contributed by atoms with Gasteiger partial charge in [0.15, 0.2) is 5.82 Å². The fourth-order valence-corrected chi connectivity index (χ4v) is 2.81. The first-order valence-corrected chi connectivity index (χ1v) is 8.47. The monoisotopic (exact) mass is 345 g/mol. The fourth-order valence-electron chi connectivity index (χ4n) is 2.81. The number of likely N-dealkylation sites (tertiary alicyclic amines) is 1. The Bertz CT molecular complexity index is 703. The number of nitrogens with one attached hydrogen (secondary N) is 1. The van der Waals surface area contributed by atoms with Crippen LogP contribution in [0.25, 0.3) is 0 Å². The maximum absolute atomic E-state index is 12.2. The third kappa shape index (κ3) is 4.40. The summed E-state index contributed by atoms with van der Waals surface area (Å²) in [4.78, 5) is 22.6. The van der Waals surface area contributed by atoms with E-state index in [0.29, 0.717) is 36.9 Å². The molecule has 0 spiro atoms. The molecular formula is C17H23N5O3. The molecule has 0 aliphatic carbocycles. The van der Waals surface area contributed by atoms with Gasteiger partial charge >= 0.3 is 0 Å². The minimum atomic E-state index is -0.658. The Morgan fingerprint density at radius 2 is 2.32 bits per heavy atom. The predicted octanol–water partition coefficient (Wildman–Crippen LogP) is 0.953. The highest BCUT2D eigenvalue weighted by atomic mass is 16.5. The zero-order chi connectivity index (χ0) is 17.8. The first-order chi connectivity index (χ1) is 12.0. The van der Waals surface area contributed by atoms with E-state index in [2.05, 4.69) is 20.4 Å². The second kappa shape index (κ2) is 7.71. The Morgan fingerprint density at radius 3 is 2.96 bits per heavy atom. The van der Waals surface area contributed by atoms with Crippen LogP contribution in [0.3, 0.4) is 0 Å². The molecule has 3 rings (SSSR count). The van der Waals surface area contributed by atoms with E-state index in [9.17, 15) is 9.90 Å². The summed E-state index contributed by atoms with van der Waals surface area (Å²) >= 11 is 0. The summed E-state index contributed by atoms with van der Waals surface area (Å²) in [5, 5.41) is 17.2. The Hall–Kier alpha value is -2.32. The highest BCUT2D eigenvalue weighted by molar-refractivity contribution is 5.92. The number of pyridine rings is 1. The maximum atomic E-state index is 12.2. The number of hydrogen-bond donors (Lipinski definition) is 2. The topological polar surface area (TPSA) is 104 Å². The van der Waals surface area contributed by atoms with Crippen molar-refractivity contribution in [3.8, 4) is 0 Å². The lowest BCUT2D eigenvalue weighted by atomic mass is 10.0. The second-order valence-corrected chi connectivity index (χ2v) is 6.59. The number of hydrogen-bond acceptors (Lipinski definition) is 7. The molecule has 1 aliphatic heterocycles. The van der Waals surface area contributed by atoms with Crippen LogP contribution in [0.15, 0.2) is 28.9 Å². The molecule has 0 saturated carbocycles. The van der Waals surface area contributed by atoms with E-state index in [0.717, 1.165) is 6.54 Å². The van der Waals surface area contributed by atoms with Gasteiger partial charge in [-0.25, -0.2) is 0 Å². The van der Waals surface area contributed by atoms with Crippen LogP contribution in [0.1, 0.15) is 48.4 Å². The summed E-state index contributed by atoms with van der Waals surface area (Å²) in [6, 6.07) is 4.88. The Kier molecular flexibility index (Phi) is 5.40. The zero-order valence-electron chi connectivity index (χ0n) is 14.4. The molecule has 2 N–H and O–H groups in total. The van der Waals surface area contributed by atoms with Gasteiger partial charge in [0, 0.05) is 25.2 Å². The number of piperidine rings is 1. The van der Waals surface area contributed by atoms with Crippen LogP contribution in [0, 0.1) is 0 Å². The number of carbonyl (C=O) groups is 1. The van der Waals surface area contributed by atoms with Crippen molar-refractivity contribution in [2.24, 2.45) is 0 Å². The van der Waals surface area contributed by atoms with Crippen molar-refractivity contribution in [2.75, 3.05) is 13.1 Å². The molecule has 1 aliphatic rings. The minimum absolute atomic E-state index is 0.218. The Balaban J connectivity index is 1.52. The largest absolute Gasteiger partial charge is 0.390 e. The molecule has 8 heteroatoms. The number of aromatic nitrogens is 3. The van der Waals surface area contributed by atoms with Crippen molar-refractivity contribution in [1.29, 1.82) is 0 Å².